The fourth-order valence-corrected chi connectivity index (χ4v) is 4.51. The first-order valence-electron chi connectivity index (χ1n) is 10.4. The second-order valence-corrected chi connectivity index (χ2v) is 8.46. The van der Waals surface area contributed by atoms with E-state index in [9.17, 15) is 0 Å². The molecule has 0 aliphatic carbocycles. The minimum atomic E-state index is 0.887. The summed E-state index contributed by atoms with van der Waals surface area (Å²) in [5, 5.41) is 1.04. The van der Waals surface area contributed by atoms with Crippen LogP contribution in [0.3, 0.4) is 0 Å². The van der Waals surface area contributed by atoms with Crippen molar-refractivity contribution in [3.05, 3.63) is 53.6 Å². The zero-order valence-corrected chi connectivity index (χ0v) is 18.1. The molecule has 0 N–H and O–H groups in total. The lowest BCUT2D eigenvalue weighted by Gasteiger charge is -2.07. The van der Waals surface area contributed by atoms with E-state index in [4.69, 9.17) is 9.72 Å². The van der Waals surface area contributed by atoms with Gasteiger partial charge in [-0.3, -0.25) is 0 Å². The standard InChI is InChI=1S/C25H31NOS/c1-4-5-6-7-8-10-13-19(2)18-21-16-17-22-23(24(21)27-3)26-25(28-22)20-14-11-9-12-15-20/h9,11-12,14-18H,4-8,10,13H2,1-3H3. The molecule has 3 heteroatoms. The Bertz CT molecular complexity index is 911. The highest BCUT2D eigenvalue weighted by molar-refractivity contribution is 7.21. The molecule has 0 radical (unpaired) electrons. The maximum atomic E-state index is 5.78. The van der Waals surface area contributed by atoms with E-state index in [0.717, 1.165) is 33.8 Å². The number of thiazole rings is 1. The van der Waals surface area contributed by atoms with Crippen molar-refractivity contribution in [2.75, 3.05) is 7.11 Å². The van der Waals surface area contributed by atoms with E-state index in [1.54, 1.807) is 18.4 Å². The SMILES string of the molecule is CCCCCCCCC(C)=Cc1ccc2sc(-c3ccccc3)nc2c1OC. The third-order valence-electron chi connectivity index (χ3n) is 5.10. The molecular formula is C25H31NOS. The van der Waals surface area contributed by atoms with Crippen LogP contribution in [0.15, 0.2) is 48.0 Å². The molecule has 0 amide bonds. The molecule has 2 aromatic carbocycles. The van der Waals surface area contributed by atoms with Gasteiger partial charge in [0.15, 0.2) is 5.75 Å². The molecule has 0 aliphatic heterocycles. The summed E-state index contributed by atoms with van der Waals surface area (Å²) in [4.78, 5) is 4.89. The Kier molecular flexibility index (Phi) is 7.67. The average molecular weight is 394 g/mol. The monoisotopic (exact) mass is 393 g/mol. The second kappa shape index (κ2) is 10.4. The van der Waals surface area contributed by atoms with Crippen LogP contribution in [-0.2, 0) is 0 Å². The van der Waals surface area contributed by atoms with Crippen LogP contribution in [0.1, 0.15) is 64.4 Å². The molecule has 0 saturated heterocycles. The number of ether oxygens (including phenoxy) is 1. The largest absolute Gasteiger partial charge is 0.494 e. The van der Waals surface area contributed by atoms with Crippen molar-refractivity contribution in [1.29, 1.82) is 0 Å². The van der Waals surface area contributed by atoms with E-state index in [2.05, 4.69) is 56.3 Å². The Morgan fingerprint density at radius 1 is 1.00 bits per heavy atom. The first-order valence-corrected chi connectivity index (χ1v) is 11.2. The number of nitrogens with zero attached hydrogens (tertiary/aromatic N) is 1. The summed E-state index contributed by atoms with van der Waals surface area (Å²) < 4.78 is 6.95. The molecule has 0 atom stereocenters. The lowest BCUT2D eigenvalue weighted by atomic mass is 10.0. The van der Waals surface area contributed by atoms with Gasteiger partial charge in [0.25, 0.3) is 0 Å². The maximum Gasteiger partial charge on any atom is 0.153 e. The second-order valence-electron chi connectivity index (χ2n) is 7.43. The summed E-state index contributed by atoms with van der Waals surface area (Å²) in [6.07, 6.45) is 11.4. The van der Waals surface area contributed by atoms with Crippen LogP contribution in [0, 0.1) is 0 Å². The van der Waals surface area contributed by atoms with Crippen molar-refractivity contribution in [1.82, 2.24) is 4.98 Å². The Morgan fingerprint density at radius 3 is 2.50 bits per heavy atom. The minimum Gasteiger partial charge on any atom is -0.494 e. The van der Waals surface area contributed by atoms with Crippen molar-refractivity contribution in [2.24, 2.45) is 0 Å². The van der Waals surface area contributed by atoms with E-state index < -0.39 is 0 Å². The number of hydrogen-bond acceptors (Lipinski definition) is 3. The van der Waals surface area contributed by atoms with Gasteiger partial charge in [-0.15, -0.1) is 11.3 Å². The highest BCUT2D eigenvalue weighted by Crippen LogP contribution is 2.37. The van der Waals surface area contributed by atoms with Gasteiger partial charge < -0.3 is 4.74 Å². The third kappa shape index (κ3) is 5.23. The summed E-state index contributed by atoms with van der Waals surface area (Å²) in [7, 11) is 1.75. The smallest absolute Gasteiger partial charge is 0.153 e. The fraction of sp³-hybridized carbons (Fsp3) is 0.400. The molecule has 2 nitrogen and oxygen atoms in total. The van der Waals surface area contributed by atoms with Gasteiger partial charge in [0.2, 0.25) is 0 Å². The molecular weight excluding hydrogens is 362 g/mol. The van der Waals surface area contributed by atoms with Crippen LogP contribution in [0.2, 0.25) is 0 Å². The predicted octanol–water partition coefficient (Wildman–Crippen LogP) is 8.13. The first-order chi connectivity index (χ1) is 13.7. The average Bonchev–Trinajstić information content (AvgIpc) is 3.15. The Morgan fingerprint density at radius 2 is 1.75 bits per heavy atom. The molecule has 1 heterocycles. The zero-order chi connectivity index (χ0) is 19.8. The van der Waals surface area contributed by atoms with E-state index in [0.29, 0.717) is 0 Å². The quantitative estimate of drug-likeness (QED) is 0.324. The molecule has 148 valence electrons. The number of aromatic nitrogens is 1. The van der Waals surface area contributed by atoms with Crippen molar-refractivity contribution >= 4 is 27.6 Å². The van der Waals surface area contributed by atoms with Crippen LogP contribution < -0.4 is 4.74 Å². The number of methoxy groups -OCH3 is 1. The van der Waals surface area contributed by atoms with Crippen LogP contribution >= 0.6 is 11.3 Å². The molecule has 3 rings (SSSR count). The van der Waals surface area contributed by atoms with Crippen LogP contribution in [0.4, 0.5) is 0 Å². The van der Waals surface area contributed by atoms with E-state index in [1.807, 2.05) is 6.07 Å². The lowest BCUT2D eigenvalue weighted by Crippen LogP contribution is -1.90. The number of rotatable bonds is 10. The van der Waals surface area contributed by atoms with Crippen molar-refractivity contribution in [2.45, 2.75) is 58.8 Å². The zero-order valence-electron chi connectivity index (χ0n) is 17.3. The molecule has 0 aliphatic rings. The van der Waals surface area contributed by atoms with Gasteiger partial charge in [-0.05, 0) is 31.9 Å². The van der Waals surface area contributed by atoms with Crippen LogP contribution in [0.5, 0.6) is 5.75 Å². The first kappa shape index (κ1) is 20.6. The molecule has 0 spiro atoms. The third-order valence-corrected chi connectivity index (χ3v) is 6.17. The molecule has 28 heavy (non-hydrogen) atoms. The van der Waals surface area contributed by atoms with Crippen molar-refractivity contribution in [3.8, 4) is 16.3 Å². The topological polar surface area (TPSA) is 22.1 Å². The van der Waals surface area contributed by atoms with E-state index in [1.165, 1.54) is 48.8 Å². The molecule has 0 saturated carbocycles. The van der Waals surface area contributed by atoms with Gasteiger partial charge in [0.1, 0.15) is 10.5 Å². The fourth-order valence-electron chi connectivity index (χ4n) is 3.54. The molecule has 0 unspecified atom stereocenters. The van der Waals surface area contributed by atoms with Crippen LogP contribution in [0.25, 0.3) is 26.9 Å². The Labute approximate surface area is 173 Å². The van der Waals surface area contributed by atoms with Gasteiger partial charge in [-0.25, -0.2) is 4.98 Å². The van der Waals surface area contributed by atoms with Crippen LogP contribution in [-0.4, -0.2) is 12.1 Å². The van der Waals surface area contributed by atoms with E-state index >= 15 is 0 Å². The summed E-state index contributed by atoms with van der Waals surface area (Å²) in [6, 6.07) is 14.7. The predicted molar refractivity (Wildman–Crippen MR) is 123 cm³/mol. The number of unbranched alkanes of at least 4 members (excludes halogenated alkanes) is 5. The van der Waals surface area contributed by atoms with Gasteiger partial charge in [-0.1, -0.05) is 81.0 Å². The van der Waals surface area contributed by atoms with Gasteiger partial charge in [0.05, 0.1) is 11.8 Å². The number of fused-ring (bicyclic) bond motifs is 1. The Balaban J connectivity index is 1.76. The highest BCUT2D eigenvalue weighted by atomic mass is 32.1. The summed E-state index contributed by atoms with van der Waals surface area (Å²) in [5.41, 5.74) is 4.66. The minimum absolute atomic E-state index is 0.887. The normalized spacial score (nSPS) is 11.9. The van der Waals surface area contributed by atoms with Gasteiger partial charge in [0, 0.05) is 11.1 Å². The number of benzene rings is 2. The highest BCUT2D eigenvalue weighted by Gasteiger charge is 2.13. The van der Waals surface area contributed by atoms with Crippen molar-refractivity contribution in [3.63, 3.8) is 0 Å². The van der Waals surface area contributed by atoms with Crippen molar-refractivity contribution < 1.29 is 4.74 Å². The molecule has 1 aromatic heterocycles. The van der Waals surface area contributed by atoms with Gasteiger partial charge >= 0.3 is 0 Å². The molecule has 3 aromatic rings. The Hall–Kier alpha value is -2.13. The lowest BCUT2D eigenvalue weighted by molar-refractivity contribution is 0.418. The summed E-state index contributed by atoms with van der Waals surface area (Å²) in [6.45, 7) is 4.49. The maximum absolute atomic E-state index is 5.78. The van der Waals surface area contributed by atoms with E-state index in [-0.39, 0.29) is 0 Å². The molecule has 0 bridgehead atoms. The summed E-state index contributed by atoms with van der Waals surface area (Å²) in [5.74, 6) is 0.887. The summed E-state index contributed by atoms with van der Waals surface area (Å²) >= 11 is 1.72. The van der Waals surface area contributed by atoms with Gasteiger partial charge in [-0.2, -0.15) is 0 Å². The molecule has 0 fully saturated rings. The number of allylic oxidation sites excluding steroid dienone is 1. The number of hydrogen-bond donors (Lipinski definition) is 0.